The number of carbonyl (C=O) groups excluding carboxylic acids is 1. The number of sulfonamides is 1. The summed E-state index contributed by atoms with van der Waals surface area (Å²) in [4.78, 5) is 12.4. The number of methoxy groups -OCH3 is 1. The smallest absolute Gasteiger partial charge is 0.243 e. The van der Waals surface area contributed by atoms with Crippen molar-refractivity contribution in [2.75, 3.05) is 26.7 Å². The second kappa shape index (κ2) is 7.96. The maximum atomic E-state index is 12.7. The molecule has 1 aromatic rings. The van der Waals surface area contributed by atoms with Crippen molar-refractivity contribution in [1.29, 1.82) is 0 Å². The number of carbonyl (C=O) groups is 1. The number of nitrogens with two attached hydrogens (primary N) is 1. The molecule has 1 amide bonds. The first-order valence-electron chi connectivity index (χ1n) is 8.03. The fourth-order valence-electron chi connectivity index (χ4n) is 2.67. The molecule has 1 aliphatic heterocycles. The van der Waals surface area contributed by atoms with E-state index in [1.54, 1.807) is 12.1 Å². The van der Waals surface area contributed by atoms with E-state index in [4.69, 9.17) is 10.5 Å². The van der Waals surface area contributed by atoms with Crippen LogP contribution < -0.4 is 15.8 Å². The average Bonchev–Trinajstić information content (AvgIpc) is 2.61. The summed E-state index contributed by atoms with van der Waals surface area (Å²) in [5.74, 6) is 0.397. The largest absolute Gasteiger partial charge is 0.497 e. The van der Waals surface area contributed by atoms with Gasteiger partial charge < -0.3 is 15.8 Å². The van der Waals surface area contributed by atoms with E-state index in [1.165, 1.54) is 23.5 Å². The number of benzene rings is 1. The summed E-state index contributed by atoms with van der Waals surface area (Å²) in [6.45, 7) is 2.91. The minimum Gasteiger partial charge on any atom is -0.497 e. The van der Waals surface area contributed by atoms with Crippen molar-refractivity contribution >= 4 is 15.9 Å². The Hall–Kier alpha value is -1.64. The molecule has 134 valence electrons. The summed E-state index contributed by atoms with van der Waals surface area (Å²) >= 11 is 0. The predicted octanol–water partition coefficient (Wildman–Crippen LogP) is 0.559. The maximum absolute atomic E-state index is 12.7. The van der Waals surface area contributed by atoms with Gasteiger partial charge in [0.1, 0.15) is 5.75 Å². The zero-order valence-electron chi connectivity index (χ0n) is 14.1. The Kier molecular flexibility index (Phi) is 6.20. The highest BCUT2D eigenvalue weighted by atomic mass is 32.2. The van der Waals surface area contributed by atoms with E-state index < -0.39 is 10.0 Å². The van der Waals surface area contributed by atoms with Gasteiger partial charge >= 0.3 is 0 Å². The lowest BCUT2D eigenvalue weighted by atomic mass is 9.97. The van der Waals surface area contributed by atoms with Gasteiger partial charge in [-0.15, -0.1) is 0 Å². The van der Waals surface area contributed by atoms with Crippen LogP contribution in [0.1, 0.15) is 19.8 Å². The third-order valence-electron chi connectivity index (χ3n) is 4.26. The first kappa shape index (κ1) is 18.7. The summed E-state index contributed by atoms with van der Waals surface area (Å²) in [7, 11) is -2.01. The Morgan fingerprint density at radius 1 is 1.33 bits per heavy atom. The molecule has 0 bridgehead atoms. The molecule has 0 radical (unpaired) electrons. The van der Waals surface area contributed by atoms with E-state index in [9.17, 15) is 13.2 Å². The number of amides is 1. The molecule has 1 fully saturated rings. The van der Waals surface area contributed by atoms with Gasteiger partial charge in [-0.1, -0.05) is 0 Å². The first-order chi connectivity index (χ1) is 11.4. The molecule has 1 aliphatic rings. The predicted molar refractivity (Wildman–Crippen MR) is 91.1 cm³/mol. The van der Waals surface area contributed by atoms with Crippen LogP contribution in [0.5, 0.6) is 5.75 Å². The first-order valence-corrected chi connectivity index (χ1v) is 9.47. The normalized spacial score (nSPS) is 18.1. The molecule has 3 N–H and O–H groups in total. The van der Waals surface area contributed by atoms with E-state index in [0.717, 1.165) is 0 Å². The van der Waals surface area contributed by atoms with Crippen LogP contribution in [-0.2, 0) is 14.8 Å². The van der Waals surface area contributed by atoms with Crippen LogP contribution in [0, 0.1) is 5.92 Å². The molecular weight excluding hydrogens is 330 g/mol. The number of ether oxygens (including phenoxy) is 1. The van der Waals surface area contributed by atoms with E-state index >= 15 is 0 Å². The Morgan fingerprint density at radius 3 is 2.42 bits per heavy atom. The topological polar surface area (TPSA) is 102 Å². The van der Waals surface area contributed by atoms with E-state index in [0.29, 0.717) is 38.2 Å². The molecule has 1 heterocycles. The van der Waals surface area contributed by atoms with Crippen molar-refractivity contribution < 1.29 is 17.9 Å². The van der Waals surface area contributed by atoms with E-state index in [2.05, 4.69) is 5.32 Å². The van der Waals surface area contributed by atoms with Crippen LogP contribution in [0.15, 0.2) is 29.2 Å². The number of piperidine rings is 1. The molecule has 0 saturated carbocycles. The molecule has 2 rings (SSSR count). The van der Waals surface area contributed by atoms with Crippen molar-refractivity contribution in [3.05, 3.63) is 24.3 Å². The SMILES string of the molecule is COc1ccc(S(=O)(=O)N2CCC(C(=O)N[C@@H](C)CN)CC2)cc1. The van der Waals surface area contributed by atoms with Gasteiger partial charge in [0.25, 0.3) is 0 Å². The van der Waals surface area contributed by atoms with E-state index in [-0.39, 0.29) is 22.8 Å². The molecule has 1 aromatic carbocycles. The Labute approximate surface area is 143 Å². The highest BCUT2D eigenvalue weighted by Crippen LogP contribution is 2.25. The summed E-state index contributed by atoms with van der Waals surface area (Å²) < 4.78 is 31.8. The van der Waals surface area contributed by atoms with Gasteiger partial charge in [0.2, 0.25) is 15.9 Å². The molecule has 7 nitrogen and oxygen atoms in total. The van der Waals surface area contributed by atoms with Crippen LogP contribution >= 0.6 is 0 Å². The molecule has 0 spiro atoms. The van der Waals surface area contributed by atoms with E-state index in [1.807, 2.05) is 6.92 Å². The molecule has 0 aromatic heterocycles. The minimum atomic E-state index is -3.54. The second-order valence-electron chi connectivity index (χ2n) is 6.00. The quantitative estimate of drug-likeness (QED) is 0.776. The van der Waals surface area contributed by atoms with Crippen LogP contribution in [0.3, 0.4) is 0 Å². The Morgan fingerprint density at radius 2 is 1.92 bits per heavy atom. The van der Waals surface area contributed by atoms with Crippen LogP contribution in [0.4, 0.5) is 0 Å². The number of nitrogens with zero attached hydrogens (tertiary/aromatic N) is 1. The lowest BCUT2D eigenvalue weighted by Gasteiger charge is -2.31. The average molecular weight is 355 g/mol. The number of nitrogens with one attached hydrogen (secondary N) is 1. The van der Waals surface area contributed by atoms with Gasteiger partial charge in [-0.05, 0) is 44.0 Å². The summed E-state index contributed by atoms with van der Waals surface area (Å²) in [5.41, 5.74) is 5.50. The highest BCUT2D eigenvalue weighted by molar-refractivity contribution is 7.89. The monoisotopic (exact) mass is 355 g/mol. The van der Waals surface area contributed by atoms with Crippen molar-refractivity contribution in [3.8, 4) is 5.75 Å². The zero-order valence-corrected chi connectivity index (χ0v) is 14.9. The molecule has 0 aliphatic carbocycles. The molecule has 24 heavy (non-hydrogen) atoms. The van der Waals surface area contributed by atoms with Gasteiger partial charge in [0.15, 0.2) is 0 Å². The summed E-state index contributed by atoms with van der Waals surface area (Å²) in [6.07, 6.45) is 1.02. The van der Waals surface area contributed by atoms with Gasteiger partial charge in [-0.25, -0.2) is 8.42 Å². The fourth-order valence-corrected chi connectivity index (χ4v) is 4.14. The maximum Gasteiger partial charge on any atom is 0.243 e. The van der Waals surface area contributed by atoms with Crippen molar-refractivity contribution in [3.63, 3.8) is 0 Å². The van der Waals surface area contributed by atoms with Gasteiger partial charge in [-0.2, -0.15) is 4.31 Å². The lowest BCUT2D eigenvalue weighted by Crippen LogP contribution is -2.46. The van der Waals surface area contributed by atoms with Crippen LogP contribution in [0.2, 0.25) is 0 Å². The van der Waals surface area contributed by atoms with Gasteiger partial charge in [0, 0.05) is 31.6 Å². The summed E-state index contributed by atoms with van der Waals surface area (Å²) in [5, 5.41) is 2.85. The molecular formula is C16H25N3O4S. The Bertz CT molecular complexity index is 652. The third kappa shape index (κ3) is 4.25. The minimum absolute atomic E-state index is 0.0468. The zero-order chi connectivity index (χ0) is 17.7. The second-order valence-corrected chi connectivity index (χ2v) is 7.94. The molecule has 1 saturated heterocycles. The number of rotatable bonds is 6. The third-order valence-corrected chi connectivity index (χ3v) is 6.18. The molecule has 0 unspecified atom stereocenters. The number of hydrogen-bond donors (Lipinski definition) is 2. The van der Waals surface area contributed by atoms with Crippen LogP contribution in [0.25, 0.3) is 0 Å². The molecule has 1 atom stereocenters. The molecule has 8 heteroatoms. The standard InChI is InChI=1S/C16H25N3O4S/c1-12(11-17)18-16(20)13-7-9-19(10-8-13)24(21,22)15-5-3-14(23-2)4-6-15/h3-6,12-13H,7-11,17H2,1-2H3,(H,18,20)/t12-/m0/s1. The fraction of sp³-hybridized carbons (Fsp3) is 0.562. The lowest BCUT2D eigenvalue weighted by molar-refractivity contribution is -0.126. The van der Waals surface area contributed by atoms with Crippen molar-refractivity contribution in [2.45, 2.75) is 30.7 Å². The van der Waals surface area contributed by atoms with Crippen molar-refractivity contribution in [1.82, 2.24) is 9.62 Å². The van der Waals surface area contributed by atoms with Crippen molar-refractivity contribution in [2.24, 2.45) is 11.7 Å². The van der Waals surface area contributed by atoms with Crippen LogP contribution in [-0.4, -0.2) is 51.4 Å². The summed E-state index contributed by atoms with van der Waals surface area (Å²) in [6, 6.07) is 6.26. The number of hydrogen-bond acceptors (Lipinski definition) is 5. The Balaban J connectivity index is 1.98. The van der Waals surface area contributed by atoms with Gasteiger partial charge in [-0.3, -0.25) is 4.79 Å². The van der Waals surface area contributed by atoms with Gasteiger partial charge in [0.05, 0.1) is 12.0 Å². The highest BCUT2D eigenvalue weighted by Gasteiger charge is 2.32.